The van der Waals surface area contributed by atoms with Crippen LogP contribution in [-0.2, 0) is 15.7 Å². The largest absolute Gasteiger partial charge is 0.360 e. The molecule has 232 valence electrons. The lowest BCUT2D eigenvalue weighted by Gasteiger charge is -2.38. The zero-order valence-electron chi connectivity index (χ0n) is 26.6. The first-order valence-corrected chi connectivity index (χ1v) is 16.8. The summed E-state index contributed by atoms with van der Waals surface area (Å²) in [5, 5.41) is 0. The van der Waals surface area contributed by atoms with Crippen LogP contribution in [0, 0.1) is 0 Å². The number of rotatable bonds is 10. The van der Waals surface area contributed by atoms with E-state index >= 15 is 0 Å². The SMILES string of the molecule is CC(C)c1cc(C(C)C)c(S(=O)(=O)Oc2ccnc(=O)n2C(c2ccccc2)(c2ccccc2)c2ccccc2)c(C(C)C)c1. The highest BCUT2D eigenvalue weighted by Gasteiger charge is 2.42. The van der Waals surface area contributed by atoms with E-state index in [2.05, 4.69) is 18.8 Å². The Balaban J connectivity index is 1.85. The van der Waals surface area contributed by atoms with Crippen LogP contribution in [0.25, 0.3) is 0 Å². The molecule has 0 radical (unpaired) electrons. The van der Waals surface area contributed by atoms with Crippen LogP contribution in [0.2, 0.25) is 0 Å². The molecule has 0 N–H and O–H groups in total. The predicted octanol–water partition coefficient (Wildman–Crippen LogP) is 8.22. The van der Waals surface area contributed by atoms with Gasteiger partial charge in [0.1, 0.15) is 10.4 Å². The van der Waals surface area contributed by atoms with Gasteiger partial charge in [-0.05, 0) is 51.1 Å². The molecule has 6 nitrogen and oxygen atoms in total. The number of hydrogen-bond acceptors (Lipinski definition) is 5. The van der Waals surface area contributed by atoms with E-state index in [9.17, 15) is 13.2 Å². The zero-order valence-corrected chi connectivity index (χ0v) is 27.5. The normalized spacial score (nSPS) is 12.2. The summed E-state index contributed by atoms with van der Waals surface area (Å²) in [5.41, 5.74) is 2.70. The van der Waals surface area contributed by atoms with Crippen LogP contribution in [0.15, 0.2) is 125 Å². The first-order chi connectivity index (χ1) is 21.5. The molecule has 0 aliphatic rings. The molecule has 0 saturated heterocycles. The van der Waals surface area contributed by atoms with Crippen molar-refractivity contribution in [3.63, 3.8) is 0 Å². The Kier molecular flexibility index (Phi) is 9.12. The lowest BCUT2D eigenvalue weighted by Crippen LogP contribution is -2.45. The van der Waals surface area contributed by atoms with E-state index in [0.29, 0.717) is 11.1 Å². The van der Waals surface area contributed by atoms with Crippen LogP contribution in [0.1, 0.15) is 92.7 Å². The van der Waals surface area contributed by atoms with Crippen LogP contribution in [0.3, 0.4) is 0 Å². The van der Waals surface area contributed by atoms with E-state index < -0.39 is 21.3 Å². The lowest BCUT2D eigenvalue weighted by atomic mass is 9.76. The van der Waals surface area contributed by atoms with Gasteiger partial charge in [-0.2, -0.15) is 8.42 Å². The summed E-state index contributed by atoms with van der Waals surface area (Å²) in [7, 11) is -4.44. The van der Waals surface area contributed by atoms with Crippen molar-refractivity contribution in [1.29, 1.82) is 0 Å². The molecule has 0 amide bonds. The Hall–Kier alpha value is -4.49. The minimum absolute atomic E-state index is 0.0914. The quantitative estimate of drug-likeness (QED) is 0.116. The van der Waals surface area contributed by atoms with Crippen molar-refractivity contribution < 1.29 is 12.6 Å². The van der Waals surface area contributed by atoms with Gasteiger partial charge in [-0.15, -0.1) is 0 Å². The Morgan fingerprint density at radius 2 is 1.07 bits per heavy atom. The molecule has 0 spiro atoms. The Morgan fingerprint density at radius 1 is 0.644 bits per heavy atom. The van der Waals surface area contributed by atoms with Crippen LogP contribution < -0.4 is 9.87 Å². The molecule has 0 bridgehead atoms. The summed E-state index contributed by atoms with van der Waals surface area (Å²) < 4.78 is 36.7. The third kappa shape index (κ3) is 5.97. The molecule has 0 unspecified atom stereocenters. The third-order valence-corrected chi connectivity index (χ3v) is 9.61. The monoisotopic (exact) mass is 620 g/mol. The second kappa shape index (κ2) is 12.9. The van der Waals surface area contributed by atoms with E-state index in [1.54, 1.807) is 0 Å². The van der Waals surface area contributed by atoms with Crippen molar-refractivity contribution in [3.05, 3.63) is 159 Å². The maximum atomic E-state index is 14.6. The summed E-state index contributed by atoms with van der Waals surface area (Å²) in [6.45, 7) is 12.1. The second-order valence-electron chi connectivity index (χ2n) is 12.2. The summed E-state index contributed by atoms with van der Waals surface area (Å²) >= 11 is 0. The molecular formula is C38H40N2O4S. The summed E-state index contributed by atoms with van der Waals surface area (Å²) in [6.07, 6.45) is 1.30. The Morgan fingerprint density at radius 3 is 1.44 bits per heavy atom. The summed E-state index contributed by atoms with van der Waals surface area (Å²) in [6, 6.07) is 34.0. The number of nitrogens with zero attached hydrogens (tertiary/aromatic N) is 2. The molecule has 0 fully saturated rings. The van der Waals surface area contributed by atoms with E-state index in [0.717, 1.165) is 22.3 Å². The van der Waals surface area contributed by atoms with Crippen molar-refractivity contribution in [2.45, 2.75) is 69.7 Å². The van der Waals surface area contributed by atoms with Crippen LogP contribution in [0.4, 0.5) is 0 Å². The van der Waals surface area contributed by atoms with Gasteiger partial charge in [0.05, 0.1) is 0 Å². The Labute approximate surface area is 266 Å². The first-order valence-electron chi connectivity index (χ1n) is 15.4. The van der Waals surface area contributed by atoms with Gasteiger partial charge in [0.2, 0.25) is 5.88 Å². The molecule has 5 aromatic rings. The van der Waals surface area contributed by atoms with Gasteiger partial charge in [-0.25, -0.2) is 14.3 Å². The van der Waals surface area contributed by atoms with Gasteiger partial charge in [0, 0.05) is 12.3 Å². The smallest absolute Gasteiger partial charge is 0.351 e. The van der Waals surface area contributed by atoms with Gasteiger partial charge < -0.3 is 4.18 Å². The van der Waals surface area contributed by atoms with Crippen molar-refractivity contribution in [1.82, 2.24) is 9.55 Å². The highest BCUT2D eigenvalue weighted by molar-refractivity contribution is 7.87. The fraction of sp³-hybridized carbons (Fsp3) is 0.263. The van der Waals surface area contributed by atoms with Gasteiger partial charge in [-0.3, -0.25) is 0 Å². The highest BCUT2D eigenvalue weighted by Crippen LogP contribution is 2.43. The van der Waals surface area contributed by atoms with Crippen LogP contribution in [-0.4, -0.2) is 18.0 Å². The van der Waals surface area contributed by atoms with Gasteiger partial charge in [0.15, 0.2) is 0 Å². The summed E-state index contributed by atoms with van der Waals surface area (Å²) in [4.78, 5) is 18.4. The molecule has 5 rings (SSSR count). The van der Waals surface area contributed by atoms with Gasteiger partial charge in [-0.1, -0.05) is 145 Å². The van der Waals surface area contributed by atoms with Crippen molar-refractivity contribution in [3.8, 4) is 5.88 Å². The maximum absolute atomic E-state index is 14.6. The second-order valence-corrected chi connectivity index (χ2v) is 13.7. The topological polar surface area (TPSA) is 78.3 Å². The first kappa shape index (κ1) is 31.9. The minimum Gasteiger partial charge on any atom is -0.360 e. The number of benzene rings is 4. The van der Waals surface area contributed by atoms with Crippen LogP contribution >= 0.6 is 0 Å². The molecule has 0 aliphatic carbocycles. The van der Waals surface area contributed by atoms with E-state index in [1.807, 2.05) is 131 Å². The molecule has 0 atom stereocenters. The molecule has 0 aliphatic heterocycles. The van der Waals surface area contributed by atoms with Crippen molar-refractivity contribution in [2.75, 3.05) is 0 Å². The molecule has 4 aromatic carbocycles. The van der Waals surface area contributed by atoms with Gasteiger partial charge >= 0.3 is 15.8 Å². The predicted molar refractivity (Wildman–Crippen MR) is 180 cm³/mol. The highest BCUT2D eigenvalue weighted by atomic mass is 32.2. The lowest BCUT2D eigenvalue weighted by molar-refractivity contribution is 0.395. The average Bonchev–Trinajstić information content (AvgIpc) is 3.03. The average molecular weight is 621 g/mol. The van der Waals surface area contributed by atoms with Crippen LogP contribution in [0.5, 0.6) is 5.88 Å². The molecule has 1 aromatic heterocycles. The molecule has 1 heterocycles. The third-order valence-electron chi connectivity index (χ3n) is 8.25. The molecule has 0 saturated carbocycles. The maximum Gasteiger partial charge on any atom is 0.351 e. The van der Waals surface area contributed by atoms with E-state index in [1.165, 1.54) is 16.8 Å². The minimum atomic E-state index is -4.44. The summed E-state index contributed by atoms with van der Waals surface area (Å²) in [5.74, 6) is -0.104. The Bertz CT molecular complexity index is 1810. The van der Waals surface area contributed by atoms with Crippen molar-refractivity contribution >= 4 is 10.1 Å². The van der Waals surface area contributed by atoms with E-state index in [-0.39, 0.29) is 28.5 Å². The molecule has 7 heteroatoms. The fourth-order valence-corrected chi connectivity index (χ4v) is 7.63. The number of aromatic nitrogens is 2. The fourth-order valence-electron chi connectivity index (χ4n) is 6.02. The van der Waals surface area contributed by atoms with Crippen molar-refractivity contribution in [2.24, 2.45) is 0 Å². The standard InChI is InChI=1S/C38H40N2O4S/c1-26(2)29-24-33(27(3)4)36(34(25-29)28(5)6)45(42,43)44-35-22-23-39-37(41)40(35)38(30-16-10-7-11-17-30,31-18-12-8-13-19-31)32-20-14-9-15-21-32/h7-28H,1-6H3. The van der Waals surface area contributed by atoms with E-state index in [4.69, 9.17) is 4.18 Å². The molecule has 45 heavy (non-hydrogen) atoms. The van der Waals surface area contributed by atoms with Gasteiger partial charge in [0.25, 0.3) is 0 Å². The zero-order chi connectivity index (χ0) is 32.4. The number of hydrogen-bond donors (Lipinski definition) is 0. The molecular weight excluding hydrogens is 580 g/mol.